The summed E-state index contributed by atoms with van der Waals surface area (Å²) in [6, 6.07) is 21.0. The molecule has 0 saturated heterocycles. The lowest BCUT2D eigenvalue weighted by Gasteiger charge is -2.29. The van der Waals surface area contributed by atoms with Crippen LogP contribution in [0.4, 0.5) is 17.2 Å². The third-order valence-electron chi connectivity index (χ3n) is 7.67. The van der Waals surface area contributed by atoms with E-state index in [1.54, 1.807) is 40.8 Å². The number of fused-ring (bicyclic) bond motifs is 3. The Morgan fingerprint density at radius 3 is 2.41 bits per heavy atom. The van der Waals surface area contributed by atoms with Crippen molar-refractivity contribution in [3.05, 3.63) is 105 Å². The Balaban J connectivity index is 0.00000387. The zero-order chi connectivity index (χ0) is 28.6. The maximum atomic E-state index is 13.3. The van der Waals surface area contributed by atoms with Crippen LogP contribution in [0.1, 0.15) is 28.3 Å². The fourth-order valence-corrected chi connectivity index (χ4v) is 5.69. The van der Waals surface area contributed by atoms with E-state index in [0.717, 1.165) is 45.4 Å². The Bertz CT molecular complexity index is 1630. The predicted octanol–water partition coefficient (Wildman–Crippen LogP) is 1.59. The zero-order valence-corrected chi connectivity index (χ0v) is 24.9. The van der Waals surface area contributed by atoms with Crippen molar-refractivity contribution < 1.29 is 36.3 Å². The van der Waals surface area contributed by atoms with Crippen molar-refractivity contribution in [1.29, 1.82) is 0 Å². The van der Waals surface area contributed by atoms with Gasteiger partial charge in [-0.15, -0.1) is 0 Å². The van der Waals surface area contributed by atoms with Gasteiger partial charge in [0, 0.05) is 41.2 Å². The number of anilines is 2. The quantitative estimate of drug-likeness (QED) is 0.102. The highest BCUT2D eigenvalue weighted by Gasteiger charge is 2.33. The summed E-state index contributed by atoms with van der Waals surface area (Å²) >= 11 is 0. The number of halogens is 1. The number of nitrogen functional groups attached to an aromatic ring is 1. The molecule has 1 amide bonds. The zero-order valence-electron chi connectivity index (χ0n) is 23.3. The van der Waals surface area contributed by atoms with Crippen LogP contribution in [0.2, 0.25) is 0 Å². The second kappa shape index (κ2) is 11.9. The van der Waals surface area contributed by atoms with E-state index in [0.29, 0.717) is 23.3 Å². The first-order chi connectivity index (χ1) is 19.1. The SMILES string of the molecule is Cn1c(C[N+](C)(C)Cc2ccc(/C=C/C(=O)N3CC(CO)c4c3cc(N)c3ccccc43)cc2)ccc1[N+](=O)[O-].[Br-]. The number of rotatable bonds is 8. The topological polar surface area (TPSA) is 115 Å². The van der Waals surface area contributed by atoms with Crippen molar-refractivity contribution in [3.63, 3.8) is 0 Å². The smallest absolute Gasteiger partial charge is 0.323 e. The molecule has 1 atom stereocenters. The fraction of sp³-hybridized carbons (Fsp3) is 0.258. The molecule has 5 rings (SSSR count). The Morgan fingerprint density at radius 1 is 1.10 bits per heavy atom. The average molecular weight is 621 g/mol. The van der Waals surface area contributed by atoms with Gasteiger partial charge in [-0.2, -0.15) is 0 Å². The van der Waals surface area contributed by atoms with Gasteiger partial charge in [0.1, 0.15) is 13.1 Å². The molecule has 214 valence electrons. The molecule has 1 aliphatic heterocycles. The first-order valence-electron chi connectivity index (χ1n) is 13.2. The standard InChI is InChI=1S/C31H34N5O4.BrH/c1-33-24(13-14-29(33)35(39)40)19-36(2,3)18-22-10-8-21(9-11-22)12-15-30(38)34-17-23(20-37)31-26-7-5-4-6-25(26)27(32)16-28(31)34;/h4-16,23,37H,17-20,32H2,1-3H3;1H/q+1;/p-1/b15-12+;. The van der Waals surface area contributed by atoms with Crippen LogP contribution in [0.3, 0.4) is 0 Å². The first-order valence-corrected chi connectivity index (χ1v) is 13.2. The van der Waals surface area contributed by atoms with Crippen LogP contribution < -0.4 is 27.6 Å². The number of nitro groups is 1. The molecular weight excluding hydrogens is 586 g/mol. The first kappa shape index (κ1) is 30.0. The Kier molecular flexibility index (Phi) is 8.67. The van der Waals surface area contributed by atoms with Gasteiger partial charge in [0.05, 0.1) is 33.4 Å². The number of aliphatic hydroxyl groups is 1. The number of amides is 1. The molecule has 10 heteroatoms. The van der Waals surface area contributed by atoms with Crippen molar-refractivity contribution in [1.82, 2.24) is 4.57 Å². The van der Waals surface area contributed by atoms with E-state index in [1.807, 2.05) is 54.6 Å². The number of hydrogen-bond acceptors (Lipinski definition) is 5. The summed E-state index contributed by atoms with van der Waals surface area (Å²) in [4.78, 5) is 25.8. The largest absolute Gasteiger partial charge is 1.00 e. The molecule has 1 aromatic heterocycles. The normalized spacial score (nSPS) is 14.8. The van der Waals surface area contributed by atoms with E-state index in [4.69, 9.17) is 5.73 Å². The van der Waals surface area contributed by atoms with E-state index < -0.39 is 0 Å². The lowest BCUT2D eigenvalue weighted by Crippen LogP contribution is -3.00. The van der Waals surface area contributed by atoms with E-state index >= 15 is 0 Å². The summed E-state index contributed by atoms with van der Waals surface area (Å²) in [7, 11) is 5.90. The number of aromatic nitrogens is 1. The van der Waals surface area contributed by atoms with Crippen LogP contribution in [0.5, 0.6) is 0 Å². The van der Waals surface area contributed by atoms with Gasteiger partial charge in [0.25, 0.3) is 5.91 Å². The van der Waals surface area contributed by atoms with Gasteiger partial charge >= 0.3 is 5.82 Å². The second-order valence-electron chi connectivity index (χ2n) is 11.1. The van der Waals surface area contributed by atoms with Gasteiger partial charge in [-0.25, -0.2) is 4.57 Å². The molecule has 1 unspecified atom stereocenters. The monoisotopic (exact) mass is 619 g/mol. The Morgan fingerprint density at radius 2 is 1.78 bits per heavy atom. The Labute approximate surface area is 249 Å². The minimum absolute atomic E-state index is 0. The number of carbonyl (C=O) groups excluding carboxylic acids is 1. The highest BCUT2D eigenvalue weighted by atomic mass is 79.9. The summed E-state index contributed by atoms with van der Waals surface area (Å²) in [6.45, 7) is 1.74. The van der Waals surface area contributed by atoms with Crippen LogP contribution in [0.25, 0.3) is 16.8 Å². The van der Waals surface area contributed by atoms with Crippen LogP contribution in [0, 0.1) is 10.1 Å². The molecule has 3 N–H and O–H groups in total. The van der Waals surface area contributed by atoms with Crippen molar-refractivity contribution in [2.24, 2.45) is 7.05 Å². The highest BCUT2D eigenvalue weighted by Crippen LogP contribution is 2.43. The van der Waals surface area contributed by atoms with Crippen molar-refractivity contribution in [2.45, 2.75) is 19.0 Å². The molecule has 9 nitrogen and oxygen atoms in total. The minimum Gasteiger partial charge on any atom is -1.00 e. The number of hydrogen-bond donors (Lipinski definition) is 2. The highest BCUT2D eigenvalue weighted by molar-refractivity contribution is 6.09. The third-order valence-corrected chi connectivity index (χ3v) is 7.67. The number of carbonyl (C=O) groups is 1. The minimum atomic E-state index is -0.370. The van der Waals surface area contributed by atoms with Crippen molar-refractivity contribution in [2.75, 3.05) is 37.9 Å². The summed E-state index contributed by atoms with van der Waals surface area (Å²) in [6.07, 6.45) is 3.36. The van der Waals surface area contributed by atoms with E-state index in [1.165, 1.54) is 0 Å². The fourth-order valence-electron chi connectivity index (χ4n) is 5.69. The lowest BCUT2D eigenvalue weighted by atomic mass is 9.94. The molecule has 0 spiro atoms. The average Bonchev–Trinajstić information content (AvgIpc) is 3.48. The second-order valence-corrected chi connectivity index (χ2v) is 11.1. The number of nitrogens with zero attached hydrogens (tertiary/aromatic N) is 4. The molecule has 0 fully saturated rings. The van der Waals surface area contributed by atoms with E-state index in [-0.39, 0.29) is 46.2 Å². The summed E-state index contributed by atoms with van der Waals surface area (Å²) in [5, 5.41) is 23.1. The maximum absolute atomic E-state index is 13.3. The molecule has 0 radical (unpaired) electrons. The summed E-state index contributed by atoms with van der Waals surface area (Å²) in [5.74, 6) is -0.243. The number of benzene rings is 3. The summed E-state index contributed by atoms with van der Waals surface area (Å²) < 4.78 is 2.25. The van der Waals surface area contributed by atoms with Gasteiger partial charge in [-0.1, -0.05) is 48.5 Å². The van der Waals surface area contributed by atoms with Gasteiger partial charge in [-0.05, 0) is 39.6 Å². The molecule has 4 aromatic rings. The van der Waals surface area contributed by atoms with Gasteiger partial charge in [0.15, 0.2) is 5.69 Å². The molecule has 41 heavy (non-hydrogen) atoms. The van der Waals surface area contributed by atoms with Gasteiger partial charge < -0.3 is 47.3 Å². The Hall–Kier alpha value is -3.99. The van der Waals surface area contributed by atoms with E-state index in [9.17, 15) is 20.0 Å². The van der Waals surface area contributed by atoms with Gasteiger partial charge in [0.2, 0.25) is 0 Å². The molecular formula is C31H34BrN5O4. The number of aliphatic hydroxyl groups excluding tert-OH is 1. The molecule has 0 aliphatic carbocycles. The lowest BCUT2D eigenvalue weighted by molar-refractivity contribution is -0.917. The van der Waals surface area contributed by atoms with Crippen LogP contribution in [-0.2, 0) is 24.9 Å². The molecule has 3 aromatic carbocycles. The predicted molar refractivity (Wildman–Crippen MR) is 158 cm³/mol. The van der Waals surface area contributed by atoms with Crippen LogP contribution >= 0.6 is 0 Å². The molecule has 1 aliphatic rings. The number of nitrogens with two attached hydrogens (primary N) is 1. The van der Waals surface area contributed by atoms with Crippen LogP contribution in [0.15, 0.2) is 72.8 Å². The van der Waals surface area contributed by atoms with E-state index in [2.05, 4.69) is 14.1 Å². The van der Waals surface area contributed by atoms with Crippen LogP contribution in [-0.4, -0.2) is 52.2 Å². The maximum Gasteiger partial charge on any atom is 0.323 e. The third kappa shape index (κ3) is 6.04. The molecule has 2 heterocycles. The van der Waals surface area contributed by atoms with Crippen molar-refractivity contribution in [3.8, 4) is 0 Å². The molecule has 0 bridgehead atoms. The van der Waals surface area contributed by atoms with Gasteiger partial charge in [-0.3, -0.25) is 4.79 Å². The summed E-state index contributed by atoms with van der Waals surface area (Å²) in [5.41, 5.74) is 11.6. The molecule has 0 saturated carbocycles. The number of quaternary nitrogens is 1. The van der Waals surface area contributed by atoms with Crippen molar-refractivity contribution >= 4 is 39.9 Å².